The van der Waals surface area contributed by atoms with Gasteiger partial charge in [-0.2, -0.15) is 10.5 Å². The molecule has 5 heteroatoms. The Labute approximate surface area is 62.1 Å². The summed E-state index contributed by atoms with van der Waals surface area (Å²) in [6.07, 6.45) is 0. The van der Waals surface area contributed by atoms with Gasteiger partial charge in [0.05, 0.1) is 0 Å². The minimum atomic E-state index is -0.672. The Hall–Kier alpha value is -2.14. The molecular weight excluding hydrogens is 144 g/mol. The predicted molar refractivity (Wildman–Crippen MR) is 34.1 cm³/mol. The lowest BCUT2D eigenvalue weighted by atomic mass is 10.2. The van der Waals surface area contributed by atoms with Crippen molar-refractivity contribution in [3.63, 3.8) is 0 Å². The molecule has 5 nitrogen and oxygen atoms in total. The van der Waals surface area contributed by atoms with Gasteiger partial charge >= 0.3 is 0 Å². The maximum Gasteiger partial charge on any atom is 0.269 e. The summed E-state index contributed by atoms with van der Waals surface area (Å²) in [7, 11) is 0. The molecule has 0 fully saturated rings. The number of hydrogen-bond acceptors (Lipinski definition) is 4. The molecule has 0 unspecified atom stereocenters. The Balaban J connectivity index is 3.29. The highest BCUT2D eigenvalue weighted by Gasteiger charge is 2.27. The van der Waals surface area contributed by atoms with Gasteiger partial charge in [-0.1, -0.05) is 0 Å². The highest BCUT2D eigenvalue weighted by molar-refractivity contribution is 6.24. The van der Waals surface area contributed by atoms with Crippen molar-refractivity contribution in [1.29, 1.82) is 15.9 Å². The van der Waals surface area contributed by atoms with Gasteiger partial charge in [0.25, 0.3) is 5.91 Å². The Morgan fingerprint density at radius 3 is 2.18 bits per heavy atom. The zero-order chi connectivity index (χ0) is 8.43. The maximum atomic E-state index is 10.7. The van der Waals surface area contributed by atoms with E-state index in [4.69, 9.17) is 15.9 Å². The third-order valence-corrected chi connectivity index (χ3v) is 1.19. The van der Waals surface area contributed by atoms with E-state index in [2.05, 4.69) is 0 Å². The van der Waals surface area contributed by atoms with Crippen molar-refractivity contribution in [2.24, 2.45) is 0 Å². The van der Waals surface area contributed by atoms with Gasteiger partial charge in [-0.25, -0.2) is 0 Å². The molecule has 52 valence electrons. The van der Waals surface area contributed by atoms with Gasteiger partial charge in [0.2, 0.25) is 0 Å². The van der Waals surface area contributed by atoms with Gasteiger partial charge in [0.15, 0.2) is 0 Å². The Kier molecular flexibility index (Phi) is 1.42. The summed E-state index contributed by atoms with van der Waals surface area (Å²) in [4.78, 5) is 10.7. The molecule has 0 bridgehead atoms. The van der Waals surface area contributed by atoms with Crippen LogP contribution in [0.2, 0.25) is 0 Å². The number of nitriles is 2. The lowest BCUT2D eigenvalue weighted by molar-refractivity contribution is -0.115. The number of nitrogens with zero attached hydrogens (tertiary/aromatic N) is 2. The molecular formula is C6H2N4O. The zero-order valence-corrected chi connectivity index (χ0v) is 5.30. The summed E-state index contributed by atoms with van der Waals surface area (Å²) in [6.45, 7) is 0. The first kappa shape index (κ1) is 6.97. The van der Waals surface area contributed by atoms with E-state index in [1.165, 1.54) is 0 Å². The average Bonchev–Trinajstić information content (AvgIpc) is 2.24. The van der Waals surface area contributed by atoms with Crippen LogP contribution >= 0.6 is 0 Å². The fourth-order valence-corrected chi connectivity index (χ4v) is 0.696. The highest BCUT2D eigenvalue weighted by Crippen LogP contribution is 2.09. The number of carbonyl (C=O) groups is 1. The summed E-state index contributed by atoms with van der Waals surface area (Å²) < 4.78 is 0. The Morgan fingerprint density at radius 1 is 1.27 bits per heavy atom. The van der Waals surface area contributed by atoms with E-state index < -0.39 is 5.91 Å². The molecule has 0 aliphatic carbocycles. The largest absolute Gasteiger partial charge is 0.305 e. The minimum Gasteiger partial charge on any atom is -0.305 e. The van der Waals surface area contributed by atoms with Crippen molar-refractivity contribution >= 4 is 11.7 Å². The molecule has 1 aliphatic rings. The van der Waals surface area contributed by atoms with E-state index in [-0.39, 0.29) is 17.0 Å². The molecule has 0 saturated carbocycles. The van der Waals surface area contributed by atoms with Crippen LogP contribution in [-0.4, -0.2) is 11.7 Å². The van der Waals surface area contributed by atoms with Gasteiger partial charge in [-0.3, -0.25) is 10.2 Å². The van der Waals surface area contributed by atoms with Crippen LogP contribution in [0.15, 0.2) is 11.1 Å². The van der Waals surface area contributed by atoms with Crippen LogP contribution in [0.5, 0.6) is 0 Å². The summed E-state index contributed by atoms with van der Waals surface area (Å²) in [6, 6.07) is 3.14. The normalized spacial score (nSPS) is 15.8. The first-order chi connectivity index (χ1) is 5.20. The van der Waals surface area contributed by atoms with E-state index in [1.54, 1.807) is 12.1 Å². The van der Waals surface area contributed by atoms with Crippen molar-refractivity contribution in [2.45, 2.75) is 0 Å². The van der Waals surface area contributed by atoms with E-state index in [0.717, 1.165) is 0 Å². The number of nitrogens with one attached hydrogen (secondary N) is 2. The molecule has 0 spiro atoms. The molecule has 0 saturated heterocycles. The SMILES string of the molecule is N#CC1=C(C#N)C(=O)NC1=N. The molecule has 2 N–H and O–H groups in total. The minimum absolute atomic E-state index is 0.183. The van der Waals surface area contributed by atoms with Crippen LogP contribution in [0.25, 0.3) is 0 Å². The van der Waals surface area contributed by atoms with E-state index in [9.17, 15) is 4.79 Å². The second-order valence-corrected chi connectivity index (χ2v) is 1.80. The summed E-state index contributed by atoms with van der Waals surface area (Å²) in [5.41, 5.74) is -0.463. The summed E-state index contributed by atoms with van der Waals surface area (Å²) in [5, 5.41) is 25.8. The first-order valence-electron chi connectivity index (χ1n) is 2.65. The van der Waals surface area contributed by atoms with Gasteiger partial charge < -0.3 is 5.32 Å². The van der Waals surface area contributed by atoms with E-state index in [1.807, 2.05) is 5.32 Å². The first-order valence-corrected chi connectivity index (χ1v) is 2.65. The molecule has 1 aliphatic heterocycles. The molecule has 1 heterocycles. The second-order valence-electron chi connectivity index (χ2n) is 1.80. The Bertz CT molecular complexity index is 318. The Morgan fingerprint density at radius 2 is 1.82 bits per heavy atom. The van der Waals surface area contributed by atoms with Gasteiger partial charge in [-0.05, 0) is 0 Å². The number of carbonyl (C=O) groups excluding carboxylic acids is 1. The van der Waals surface area contributed by atoms with Crippen molar-refractivity contribution < 1.29 is 4.79 Å². The molecule has 0 aromatic rings. The number of hydrogen-bond donors (Lipinski definition) is 2. The van der Waals surface area contributed by atoms with Crippen molar-refractivity contribution in [1.82, 2.24) is 5.32 Å². The van der Waals surface area contributed by atoms with E-state index in [0.29, 0.717) is 0 Å². The molecule has 0 aromatic carbocycles. The predicted octanol–water partition coefficient (Wildman–Crippen LogP) is -0.563. The number of amides is 1. The van der Waals surface area contributed by atoms with Crippen LogP contribution < -0.4 is 5.32 Å². The zero-order valence-electron chi connectivity index (χ0n) is 5.30. The second kappa shape index (κ2) is 2.24. The topological polar surface area (TPSA) is 101 Å². The van der Waals surface area contributed by atoms with Crippen LogP contribution in [-0.2, 0) is 4.79 Å². The van der Waals surface area contributed by atoms with Gasteiger partial charge in [0, 0.05) is 0 Å². The van der Waals surface area contributed by atoms with Crippen LogP contribution in [0.1, 0.15) is 0 Å². The molecule has 11 heavy (non-hydrogen) atoms. The molecule has 0 radical (unpaired) electrons. The van der Waals surface area contributed by atoms with Crippen molar-refractivity contribution in [2.75, 3.05) is 0 Å². The lowest BCUT2D eigenvalue weighted by Crippen LogP contribution is -2.22. The van der Waals surface area contributed by atoms with Crippen LogP contribution in [0, 0.1) is 28.1 Å². The summed E-state index contributed by atoms with van der Waals surface area (Å²) >= 11 is 0. The maximum absolute atomic E-state index is 10.7. The number of amidine groups is 1. The van der Waals surface area contributed by atoms with Gasteiger partial charge in [-0.15, -0.1) is 0 Å². The molecule has 0 atom stereocenters. The molecule has 1 rings (SSSR count). The molecule has 0 aromatic heterocycles. The third-order valence-electron chi connectivity index (χ3n) is 1.19. The van der Waals surface area contributed by atoms with Crippen molar-refractivity contribution in [3.05, 3.63) is 11.1 Å². The summed E-state index contributed by atoms with van der Waals surface area (Å²) in [5.74, 6) is -0.969. The monoisotopic (exact) mass is 146 g/mol. The van der Waals surface area contributed by atoms with Crippen LogP contribution in [0.3, 0.4) is 0 Å². The highest BCUT2D eigenvalue weighted by atomic mass is 16.2. The lowest BCUT2D eigenvalue weighted by Gasteiger charge is -1.87. The fraction of sp³-hybridized carbons (Fsp3) is 0. The van der Waals surface area contributed by atoms with Crippen molar-refractivity contribution in [3.8, 4) is 12.1 Å². The standard InChI is InChI=1S/C6H2N4O/c7-1-3-4(2-8)6(11)10-5(3)9/h(H2,9,10,11). The third kappa shape index (κ3) is 0.846. The smallest absolute Gasteiger partial charge is 0.269 e. The molecule has 1 amide bonds. The van der Waals surface area contributed by atoms with Crippen LogP contribution in [0.4, 0.5) is 0 Å². The quantitative estimate of drug-likeness (QED) is 0.478. The fourth-order valence-electron chi connectivity index (χ4n) is 0.696. The average molecular weight is 146 g/mol. The van der Waals surface area contributed by atoms with E-state index >= 15 is 0 Å². The number of rotatable bonds is 0. The van der Waals surface area contributed by atoms with Gasteiger partial charge in [0.1, 0.15) is 29.1 Å².